The summed E-state index contributed by atoms with van der Waals surface area (Å²) in [5.41, 5.74) is 8.45. The van der Waals surface area contributed by atoms with Crippen LogP contribution in [-0.4, -0.2) is 22.1 Å². The summed E-state index contributed by atoms with van der Waals surface area (Å²) in [6, 6.07) is 0.587. The van der Waals surface area contributed by atoms with E-state index >= 15 is 0 Å². The van der Waals surface area contributed by atoms with Crippen molar-refractivity contribution in [3.63, 3.8) is 0 Å². The van der Waals surface area contributed by atoms with E-state index < -0.39 is 0 Å². The van der Waals surface area contributed by atoms with Crippen LogP contribution in [0.15, 0.2) is 11.7 Å². The van der Waals surface area contributed by atoms with Crippen LogP contribution in [0.3, 0.4) is 0 Å². The molecule has 2 atom stereocenters. The standard InChI is InChI=1S/C13H18N4S/c1-8-6-18-12-11(8)15-7-16-13(12)17-10-5-3-2-4-9(10)14/h6-7,9-10H,2-5,14H2,1H3,(H,15,16,17)/t9-,10-/m1/s1. The smallest absolute Gasteiger partial charge is 0.147 e. The first kappa shape index (κ1) is 11.9. The van der Waals surface area contributed by atoms with E-state index in [0.29, 0.717) is 6.04 Å². The molecule has 0 radical (unpaired) electrons. The molecule has 4 nitrogen and oxygen atoms in total. The van der Waals surface area contributed by atoms with Gasteiger partial charge in [-0.25, -0.2) is 9.97 Å². The minimum atomic E-state index is 0.241. The molecule has 1 saturated carbocycles. The van der Waals surface area contributed by atoms with Crippen LogP contribution in [-0.2, 0) is 0 Å². The van der Waals surface area contributed by atoms with Crippen molar-refractivity contribution < 1.29 is 0 Å². The topological polar surface area (TPSA) is 63.8 Å². The molecule has 96 valence electrons. The van der Waals surface area contributed by atoms with Gasteiger partial charge in [0.05, 0.1) is 10.2 Å². The molecule has 0 saturated heterocycles. The number of hydrogen-bond donors (Lipinski definition) is 2. The van der Waals surface area contributed by atoms with Crippen LogP contribution in [0.5, 0.6) is 0 Å². The fourth-order valence-corrected chi connectivity index (χ4v) is 3.54. The van der Waals surface area contributed by atoms with E-state index in [-0.39, 0.29) is 6.04 Å². The maximum absolute atomic E-state index is 6.17. The predicted octanol–water partition coefficient (Wildman–Crippen LogP) is 2.68. The molecule has 1 aliphatic rings. The molecule has 0 unspecified atom stereocenters. The first-order chi connectivity index (χ1) is 8.75. The van der Waals surface area contributed by atoms with Crippen LogP contribution in [0.2, 0.25) is 0 Å². The number of anilines is 1. The average Bonchev–Trinajstić information content (AvgIpc) is 2.76. The lowest BCUT2D eigenvalue weighted by atomic mass is 9.91. The molecule has 0 amide bonds. The van der Waals surface area contributed by atoms with Gasteiger partial charge in [0.15, 0.2) is 0 Å². The summed E-state index contributed by atoms with van der Waals surface area (Å²) in [6.45, 7) is 2.09. The second-order valence-electron chi connectivity index (χ2n) is 5.02. The van der Waals surface area contributed by atoms with Gasteiger partial charge in [0.2, 0.25) is 0 Å². The van der Waals surface area contributed by atoms with E-state index in [4.69, 9.17) is 5.73 Å². The van der Waals surface area contributed by atoms with Crippen molar-refractivity contribution in [1.29, 1.82) is 0 Å². The minimum absolute atomic E-state index is 0.241. The molecular formula is C13H18N4S. The van der Waals surface area contributed by atoms with Crippen molar-refractivity contribution in [3.05, 3.63) is 17.3 Å². The SMILES string of the molecule is Cc1csc2c(N[C@@H]3CCCC[C@H]3N)ncnc12. The lowest BCUT2D eigenvalue weighted by molar-refractivity contribution is 0.403. The highest BCUT2D eigenvalue weighted by Crippen LogP contribution is 2.30. The Bertz CT molecular complexity index is 551. The molecule has 0 spiro atoms. The Kier molecular flexibility index (Phi) is 3.18. The number of aromatic nitrogens is 2. The van der Waals surface area contributed by atoms with Crippen LogP contribution in [0.4, 0.5) is 5.82 Å². The second kappa shape index (κ2) is 4.82. The molecule has 0 aliphatic heterocycles. The van der Waals surface area contributed by atoms with Gasteiger partial charge >= 0.3 is 0 Å². The van der Waals surface area contributed by atoms with Gasteiger partial charge in [-0.2, -0.15) is 0 Å². The van der Waals surface area contributed by atoms with Crippen molar-refractivity contribution in [2.45, 2.75) is 44.7 Å². The van der Waals surface area contributed by atoms with Crippen LogP contribution >= 0.6 is 11.3 Å². The molecule has 2 heterocycles. The number of nitrogens with zero attached hydrogens (tertiary/aromatic N) is 2. The number of fused-ring (bicyclic) bond motifs is 1. The number of nitrogens with two attached hydrogens (primary N) is 1. The van der Waals surface area contributed by atoms with E-state index in [1.165, 1.54) is 18.4 Å². The van der Waals surface area contributed by atoms with Crippen molar-refractivity contribution in [1.82, 2.24) is 9.97 Å². The summed E-state index contributed by atoms with van der Waals surface area (Å²) < 4.78 is 1.15. The number of nitrogens with one attached hydrogen (secondary N) is 1. The van der Waals surface area contributed by atoms with E-state index in [1.54, 1.807) is 17.7 Å². The molecule has 0 aromatic carbocycles. The number of aryl methyl sites for hydroxylation is 1. The van der Waals surface area contributed by atoms with E-state index in [1.807, 2.05) is 0 Å². The van der Waals surface area contributed by atoms with Gasteiger partial charge < -0.3 is 11.1 Å². The van der Waals surface area contributed by atoms with E-state index in [2.05, 4.69) is 27.6 Å². The number of thiophene rings is 1. The lowest BCUT2D eigenvalue weighted by Gasteiger charge is -2.29. The second-order valence-corrected chi connectivity index (χ2v) is 5.90. The first-order valence-corrected chi connectivity index (χ1v) is 7.34. The Morgan fingerprint density at radius 3 is 3.00 bits per heavy atom. The summed E-state index contributed by atoms with van der Waals surface area (Å²) in [7, 11) is 0. The van der Waals surface area contributed by atoms with Crippen molar-refractivity contribution >= 4 is 27.4 Å². The third kappa shape index (κ3) is 2.08. The normalized spacial score (nSPS) is 24.3. The summed E-state index contributed by atoms with van der Waals surface area (Å²) in [5.74, 6) is 0.945. The molecule has 5 heteroatoms. The third-order valence-electron chi connectivity index (χ3n) is 3.67. The van der Waals surface area contributed by atoms with Gasteiger partial charge in [-0.15, -0.1) is 11.3 Å². The highest BCUT2D eigenvalue weighted by atomic mass is 32.1. The Morgan fingerprint density at radius 2 is 2.17 bits per heavy atom. The Balaban J connectivity index is 1.90. The van der Waals surface area contributed by atoms with Crippen LogP contribution < -0.4 is 11.1 Å². The molecule has 3 rings (SSSR count). The zero-order valence-corrected chi connectivity index (χ0v) is 11.3. The minimum Gasteiger partial charge on any atom is -0.364 e. The molecule has 0 bridgehead atoms. The van der Waals surface area contributed by atoms with Crippen LogP contribution in [0.25, 0.3) is 10.2 Å². The van der Waals surface area contributed by atoms with Crippen molar-refractivity contribution in [2.75, 3.05) is 5.32 Å². The Labute approximate surface area is 111 Å². The fourth-order valence-electron chi connectivity index (χ4n) is 2.59. The quantitative estimate of drug-likeness (QED) is 0.873. The Hall–Kier alpha value is -1.20. The largest absolute Gasteiger partial charge is 0.364 e. The van der Waals surface area contributed by atoms with Crippen molar-refractivity contribution in [2.24, 2.45) is 5.73 Å². The van der Waals surface area contributed by atoms with Gasteiger partial charge in [0, 0.05) is 12.1 Å². The monoisotopic (exact) mass is 262 g/mol. The summed E-state index contributed by atoms with van der Waals surface area (Å²) in [5, 5.41) is 5.65. The summed E-state index contributed by atoms with van der Waals surface area (Å²) in [4.78, 5) is 8.72. The fraction of sp³-hybridized carbons (Fsp3) is 0.538. The molecule has 18 heavy (non-hydrogen) atoms. The van der Waals surface area contributed by atoms with Crippen LogP contribution in [0.1, 0.15) is 31.2 Å². The maximum atomic E-state index is 6.17. The maximum Gasteiger partial charge on any atom is 0.147 e. The summed E-state index contributed by atoms with van der Waals surface area (Å²) >= 11 is 1.70. The average molecular weight is 262 g/mol. The van der Waals surface area contributed by atoms with E-state index in [9.17, 15) is 0 Å². The van der Waals surface area contributed by atoms with Gasteiger partial charge in [-0.3, -0.25) is 0 Å². The van der Waals surface area contributed by atoms with Gasteiger partial charge in [0.25, 0.3) is 0 Å². The number of hydrogen-bond acceptors (Lipinski definition) is 5. The van der Waals surface area contributed by atoms with Gasteiger partial charge in [0.1, 0.15) is 12.1 Å². The first-order valence-electron chi connectivity index (χ1n) is 6.46. The van der Waals surface area contributed by atoms with Crippen LogP contribution in [0, 0.1) is 6.92 Å². The highest BCUT2D eigenvalue weighted by Gasteiger charge is 2.22. The molecule has 2 aromatic rings. The molecule has 1 aliphatic carbocycles. The zero-order chi connectivity index (χ0) is 12.5. The Morgan fingerprint density at radius 1 is 1.33 bits per heavy atom. The van der Waals surface area contributed by atoms with Gasteiger partial charge in [-0.1, -0.05) is 12.8 Å². The van der Waals surface area contributed by atoms with Crippen molar-refractivity contribution in [3.8, 4) is 0 Å². The lowest BCUT2D eigenvalue weighted by Crippen LogP contribution is -2.42. The molecule has 3 N–H and O–H groups in total. The zero-order valence-electron chi connectivity index (χ0n) is 10.5. The molecular weight excluding hydrogens is 244 g/mol. The van der Waals surface area contributed by atoms with E-state index in [0.717, 1.165) is 28.9 Å². The number of rotatable bonds is 2. The highest BCUT2D eigenvalue weighted by molar-refractivity contribution is 7.18. The molecule has 2 aromatic heterocycles. The third-order valence-corrected chi connectivity index (χ3v) is 4.77. The van der Waals surface area contributed by atoms with Gasteiger partial charge in [-0.05, 0) is 30.7 Å². The molecule has 1 fully saturated rings. The predicted molar refractivity (Wildman–Crippen MR) is 76.0 cm³/mol. The summed E-state index contributed by atoms with van der Waals surface area (Å²) in [6.07, 6.45) is 6.38.